The molecule has 5 heteroatoms. The number of benzene rings is 1. The first-order valence-electron chi connectivity index (χ1n) is 9.99. The Bertz CT molecular complexity index is 619. The molecule has 27 heavy (non-hydrogen) atoms. The molecular formula is C22H34FN3O. The smallest absolute Gasteiger partial charge is 0.184 e. The Morgan fingerprint density at radius 3 is 2.93 bits per heavy atom. The molecule has 0 saturated carbocycles. The molecule has 1 aromatic carbocycles. The number of likely N-dealkylation sites (N-methyl/N-ethyl adjacent to an activating group) is 1. The molecule has 0 bridgehead atoms. The number of halogens is 1. The zero-order valence-corrected chi connectivity index (χ0v) is 16.8. The lowest BCUT2D eigenvalue weighted by Crippen LogP contribution is -2.48. The van der Waals surface area contributed by atoms with Crippen molar-refractivity contribution in [3.05, 3.63) is 54.4 Å². The van der Waals surface area contributed by atoms with Crippen LogP contribution >= 0.6 is 0 Å². The fraction of sp³-hybridized carbons (Fsp3) is 0.545. The summed E-state index contributed by atoms with van der Waals surface area (Å²) in [6, 6.07) is 6.51. The van der Waals surface area contributed by atoms with Gasteiger partial charge in [0.15, 0.2) is 6.35 Å². The van der Waals surface area contributed by atoms with E-state index in [1.807, 2.05) is 13.8 Å². The Kier molecular flexibility index (Phi) is 8.98. The number of hydrogen-bond donors (Lipinski definition) is 2. The van der Waals surface area contributed by atoms with Crippen LogP contribution in [-0.2, 0) is 0 Å². The normalized spacial score (nSPS) is 20.7. The van der Waals surface area contributed by atoms with Crippen molar-refractivity contribution in [2.45, 2.75) is 46.0 Å². The second-order valence-corrected chi connectivity index (χ2v) is 7.27. The van der Waals surface area contributed by atoms with E-state index in [-0.39, 0.29) is 5.82 Å². The number of allylic oxidation sites excluding steroid dienone is 3. The summed E-state index contributed by atoms with van der Waals surface area (Å²) in [5.74, 6) is 0.207. The van der Waals surface area contributed by atoms with Crippen LogP contribution < -0.4 is 5.32 Å². The molecule has 0 aromatic heterocycles. The fourth-order valence-corrected chi connectivity index (χ4v) is 3.68. The van der Waals surface area contributed by atoms with E-state index in [1.54, 1.807) is 12.1 Å². The number of nitrogens with one attached hydrogen (secondary N) is 1. The van der Waals surface area contributed by atoms with Gasteiger partial charge in [0.1, 0.15) is 5.82 Å². The standard InChI is InChI=1S/C22H34FN3O/c1-4-6-7-8-10-18(3)16-25-14-13-21(17-25)26(5-2)22(27)24-20-12-9-11-19(23)15-20/h4,6,8-12,15,18,21-22,24,27H,5,7,13-14,16-17H2,1-3H3/b6-4-,10-8-/t18-,21?,22?/m1/s1. The van der Waals surface area contributed by atoms with Gasteiger partial charge < -0.3 is 15.3 Å². The lowest BCUT2D eigenvalue weighted by atomic mass is 10.1. The van der Waals surface area contributed by atoms with E-state index < -0.39 is 6.35 Å². The summed E-state index contributed by atoms with van der Waals surface area (Å²) in [6.07, 6.45) is 9.94. The maximum atomic E-state index is 13.4. The highest BCUT2D eigenvalue weighted by atomic mass is 19.1. The summed E-state index contributed by atoms with van der Waals surface area (Å²) in [4.78, 5) is 4.52. The van der Waals surface area contributed by atoms with Crippen molar-refractivity contribution in [3.63, 3.8) is 0 Å². The van der Waals surface area contributed by atoms with Crippen LogP contribution in [0.25, 0.3) is 0 Å². The van der Waals surface area contributed by atoms with Gasteiger partial charge in [0.25, 0.3) is 0 Å². The van der Waals surface area contributed by atoms with Crippen molar-refractivity contribution in [2.75, 3.05) is 31.5 Å². The van der Waals surface area contributed by atoms with Crippen molar-refractivity contribution >= 4 is 5.69 Å². The van der Waals surface area contributed by atoms with Gasteiger partial charge in [0.2, 0.25) is 0 Å². The zero-order valence-electron chi connectivity index (χ0n) is 16.8. The lowest BCUT2D eigenvalue weighted by molar-refractivity contribution is 0.00126. The summed E-state index contributed by atoms with van der Waals surface area (Å²) in [7, 11) is 0. The van der Waals surface area contributed by atoms with Crippen LogP contribution in [-0.4, -0.2) is 53.5 Å². The van der Waals surface area contributed by atoms with E-state index in [4.69, 9.17) is 0 Å². The highest BCUT2D eigenvalue weighted by Crippen LogP contribution is 2.20. The van der Waals surface area contributed by atoms with Crippen LogP contribution in [0.2, 0.25) is 0 Å². The van der Waals surface area contributed by atoms with Crippen molar-refractivity contribution in [2.24, 2.45) is 5.92 Å². The number of aliphatic hydroxyl groups excluding tert-OH is 1. The molecule has 0 spiro atoms. The summed E-state index contributed by atoms with van der Waals surface area (Å²) < 4.78 is 13.4. The Balaban J connectivity index is 1.84. The molecule has 0 amide bonds. The summed E-state index contributed by atoms with van der Waals surface area (Å²) >= 11 is 0. The minimum absolute atomic E-state index is 0.297. The molecule has 1 heterocycles. The first-order chi connectivity index (χ1) is 13.0. The van der Waals surface area contributed by atoms with Crippen LogP contribution in [0.15, 0.2) is 48.6 Å². The predicted octanol–water partition coefficient (Wildman–Crippen LogP) is 4.07. The molecule has 0 radical (unpaired) electrons. The SMILES string of the molecule is C/C=C\C/C=C\[C@@H](C)CN1CCC(N(CC)C(O)Nc2cccc(F)c2)C1. The summed E-state index contributed by atoms with van der Waals surface area (Å²) in [5, 5.41) is 13.6. The third kappa shape index (κ3) is 7.09. The number of aliphatic hydroxyl groups is 1. The van der Waals surface area contributed by atoms with Crippen molar-refractivity contribution < 1.29 is 9.50 Å². The molecule has 1 saturated heterocycles. The van der Waals surface area contributed by atoms with Gasteiger partial charge in [0, 0.05) is 24.8 Å². The van der Waals surface area contributed by atoms with Crippen molar-refractivity contribution in [1.82, 2.24) is 9.80 Å². The third-order valence-electron chi connectivity index (χ3n) is 5.03. The van der Waals surface area contributed by atoms with Crippen molar-refractivity contribution in [1.29, 1.82) is 0 Å². The second kappa shape index (κ2) is 11.2. The number of rotatable bonds is 10. The topological polar surface area (TPSA) is 38.7 Å². The average Bonchev–Trinajstić information content (AvgIpc) is 3.07. The largest absolute Gasteiger partial charge is 0.361 e. The van der Waals surface area contributed by atoms with Gasteiger partial charge in [-0.1, -0.05) is 44.2 Å². The molecule has 1 aromatic rings. The third-order valence-corrected chi connectivity index (χ3v) is 5.03. The van der Waals surface area contributed by atoms with Gasteiger partial charge >= 0.3 is 0 Å². The van der Waals surface area contributed by atoms with E-state index in [9.17, 15) is 9.50 Å². The Hall–Kier alpha value is -1.69. The lowest BCUT2D eigenvalue weighted by Gasteiger charge is -2.33. The monoisotopic (exact) mass is 375 g/mol. The molecule has 0 aliphatic carbocycles. The predicted molar refractivity (Wildman–Crippen MR) is 111 cm³/mol. The van der Waals surface area contributed by atoms with Crippen LogP contribution in [0, 0.1) is 11.7 Å². The van der Waals surface area contributed by atoms with Crippen LogP contribution in [0.1, 0.15) is 33.6 Å². The first kappa shape index (κ1) is 21.6. The van der Waals surface area contributed by atoms with Gasteiger partial charge in [0.05, 0.1) is 0 Å². The molecule has 1 fully saturated rings. The molecule has 3 atom stereocenters. The highest BCUT2D eigenvalue weighted by Gasteiger charge is 2.30. The maximum Gasteiger partial charge on any atom is 0.184 e. The Morgan fingerprint density at radius 1 is 1.41 bits per heavy atom. The maximum absolute atomic E-state index is 13.4. The number of anilines is 1. The van der Waals surface area contributed by atoms with Gasteiger partial charge in [-0.2, -0.15) is 0 Å². The second-order valence-electron chi connectivity index (χ2n) is 7.27. The molecule has 1 aliphatic heterocycles. The number of hydrogen-bond acceptors (Lipinski definition) is 4. The van der Waals surface area contributed by atoms with Gasteiger partial charge in [-0.15, -0.1) is 0 Å². The Labute approximate surface area is 163 Å². The minimum atomic E-state index is -0.820. The van der Waals surface area contributed by atoms with Crippen LogP contribution in [0.4, 0.5) is 10.1 Å². The molecule has 4 nitrogen and oxygen atoms in total. The highest BCUT2D eigenvalue weighted by molar-refractivity contribution is 5.43. The van der Waals surface area contributed by atoms with E-state index in [2.05, 4.69) is 46.3 Å². The molecule has 2 N–H and O–H groups in total. The van der Waals surface area contributed by atoms with E-state index in [1.165, 1.54) is 12.1 Å². The first-order valence-corrected chi connectivity index (χ1v) is 9.99. The Morgan fingerprint density at radius 2 is 2.22 bits per heavy atom. The molecule has 2 unspecified atom stereocenters. The van der Waals surface area contributed by atoms with Gasteiger partial charge in [-0.3, -0.25) is 4.90 Å². The quantitative estimate of drug-likeness (QED) is 0.478. The van der Waals surface area contributed by atoms with E-state index in [0.29, 0.717) is 17.6 Å². The van der Waals surface area contributed by atoms with Crippen LogP contribution in [0.3, 0.4) is 0 Å². The summed E-state index contributed by atoms with van der Waals surface area (Å²) in [5.41, 5.74) is 0.593. The average molecular weight is 376 g/mol. The number of likely N-dealkylation sites (tertiary alicyclic amines) is 1. The molecule has 2 rings (SSSR count). The van der Waals surface area contributed by atoms with Crippen molar-refractivity contribution in [3.8, 4) is 0 Å². The van der Waals surface area contributed by atoms with Crippen LogP contribution in [0.5, 0.6) is 0 Å². The van der Waals surface area contributed by atoms with E-state index in [0.717, 1.165) is 39.0 Å². The zero-order chi connectivity index (χ0) is 19.6. The van der Waals surface area contributed by atoms with E-state index >= 15 is 0 Å². The molecule has 150 valence electrons. The minimum Gasteiger partial charge on any atom is -0.361 e. The van der Waals surface area contributed by atoms with Gasteiger partial charge in [-0.25, -0.2) is 4.39 Å². The summed E-state index contributed by atoms with van der Waals surface area (Å²) in [6.45, 7) is 10.1. The number of nitrogens with zero attached hydrogens (tertiary/aromatic N) is 2. The molecular weight excluding hydrogens is 341 g/mol. The molecule has 1 aliphatic rings. The fourth-order valence-electron chi connectivity index (χ4n) is 3.68. The van der Waals surface area contributed by atoms with Gasteiger partial charge in [-0.05, 0) is 57.0 Å².